The average molecular weight is 450 g/mol. The molecule has 0 saturated carbocycles. The van der Waals surface area contributed by atoms with Crippen LogP contribution in [0.3, 0.4) is 0 Å². The van der Waals surface area contributed by atoms with Crippen molar-refractivity contribution in [2.24, 2.45) is 0 Å². The number of nitrogens with zero attached hydrogens (tertiary/aromatic N) is 3. The summed E-state index contributed by atoms with van der Waals surface area (Å²) in [5.41, 5.74) is 2.41. The van der Waals surface area contributed by atoms with E-state index in [1.165, 1.54) is 22.8 Å². The Bertz CT molecular complexity index is 1110. The lowest BCUT2D eigenvalue weighted by Gasteiger charge is -2.17. The number of amides is 2. The molecule has 9 heteroatoms. The summed E-state index contributed by atoms with van der Waals surface area (Å²) in [6.45, 7) is 3.29. The van der Waals surface area contributed by atoms with Crippen molar-refractivity contribution in [1.29, 1.82) is 0 Å². The van der Waals surface area contributed by atoms with Crippen LogP contribution >= 0.6 is 0 Å². The number of aromatic nitrogens is 2. The number of hydrogen-bond acceptors (Lipinski definition) is 6. The summed E-state index contributed by atoms with van der Waals surface area (Å²) in [6.07, 6.45) is 1.51. The fourth-order valence-corrected chi connectivity index (χ4v) is 2.91. The van der Waals surface area contributed by atoms with E-state index in [0.717, 1.165) is 5.56 Å². The molecule has 0 unspecified atom stereocenters. The van der Waals surface area contributed by atoms with E-state index >= 15 is 0 Å². The topological polar surface area (TPSA) is 103 Å². The fraction of sp³-hybridized carbons (Fsp3) is 0.250. The van der Waals surface area contributed by atoms with Gasteiger partial charge in [-0.3, -0.25) is 9.59 Å². The van der Waals surface area contributed by atoms with E-state index in [9.17, 15) is 14.4 Å². The molecule has 0 aliphatic rings. The molecule has 0 radical (unpaired) electrons. The second kappa shape index (κ2) is 10.9. The predicted molar refractivity (Wildman–Crippen MR) is 122 cm³/mol. The molecule has 0 bridgehead atoms. The van der Waals surface area contributed by atoms with Gasteiger partial charge in [-0.1, -0.05) is 35.9 Å². The first-order valence-electron chi connectivity index (χ1n) is 10.4. The number of aryl methyl sites for hydroxylation is 1. The molecule has 2 amide bonds. The van der Waals surface area contributed by atoms with Crippen LogP contribution in [-0.2, 0) is 14.3 Å². The number of hydrogen-bond donors (Lipinski definition) is 1. The summed E-state index contributed by atoms with van der Waals surface area (Å²) in [6, 6.07) is 16.5. The first-order chi connectivity index (χ1) is 15.9. The number of esters is 1. The number of anilines is 1. The molecule has 0 aliphatic carbocycles. The van der Waals surface area contributed by atoms with Crippen LogP contribution < -0.4 is 10.1 Å². The Morgan fingerprint density at radius 3 is 2.42 bits per heavy atom. The van der Waals surface area contributed by atoms with Crippen LogP contribution in [-0.4, -0.2) is 59.3 Å². The maximum atomic E-state index is 12.5. The van der Waals surface area contributed by atoms with Crippen LogP contribution in [0, 0.1) is 6.92 Å². The molecule has 2 aromatic carbocycles. The van der Waals surface area contributed by atoms with Crippen molar-refractivity contribution < 1.29 is 23.9 Å². The first kappa shape index (κ1) is 23.5. The molecule has 1 aromatic heterocycles. The number of benzene rings is 2. The number of rotatable bonds is 9. The lowest BCUT2D eigenvalue weighted by Crippen LogP contribution is -2.37. The highest BCUT2D eigenvalue weighted by atomic mass is 16.5. The van der Waals surface area contributed by atoms with E-state index < -0.39 is 11.9 Å². The highest BCUT2D eigenvalue weighted by molar-refractivity contribution is 5.94. The molecule has 9 nitrogen and oxygen atoms in total. The van der Waals surface area contributed by atoms with E-state index in [1.54, 1.807) is 19.1 Å². The van der Waals surface area contributed by atoms with Crippen molar-refractivity contribution in [3.8, 4) is 11.4 Å². The van der Waals surface area contributed by atoms with Crippen LogP contribution in [0.2, 0.25) is 0 Å². The van der Waals surface area contributed by atoms with Gasteiger partial charge in [0.1, 0.15) is 0 Å². The van der Waals surface area contributed by atoms with Gasteiger partial charge in [0.05, 0.1) is 25.0 Å². The van der Waals surface area contributed by atoms with Gasteiger partial charge in [-0.05, 0) is 38.1 Å². The summed E-state index contributed by atoms with van der Waals surface area (Å²) < 4.78 is 12.1. The molecule has 0 aliphatic heterocycles. The molecule has 0 fully saturated rings. The molecule has 0 spiro atoms. The quantitative estimate of drug-likeness (QED) is 0.503. The van der Waals surface area contributed by atoms with Crippen LogP contribution in [0.1, 0.15) is 23.0 Å². The van der Waals surface area contributed by atoms with Gasteiger partial charge in [-0.15, -0.1) is 0 Å². The van der Waals surface area contributed by atoms with E-state index in [4.69, 9.17) is 9.47 Å². The Hall–Kier alpha value is -4.14. The van der Waals surface area contributed by atoms with Gasteiger partial charge in [-0.25, -0.2) is 9.48 Å². The normalized spacial score (nSPS) is 10.4. The first-order valence-corrected chi connectivity index (χ1v) is 10.4. The number of para-hydroxylation sites is 1. The summed E-state index contributed by atoms with van der Waals surface area (Å²) in [7, 11) is 1.50. The van der Waals surface area contributed by atoms with Gasteiger partial charge in [-0.2, -0.15) is 5.10 Å². The second-order valence-corrected chi connectivity index (χ2v) is 7.30. The van der Waals surface area contributed by atoms with Gasteiger partial charge in [0.15, 0.2) is 12.4 Å². The summed E-state index contributed by atoms with van der Waals surface area (Å²) >= 11 is 0. The minimum absolute atomic E-state index is 0.0340. The second-order valence-electron chi connectivity index (χ2n) is 7.30. The van der Waals surface area contributed by atoms with E-state index in [1.807, 2.05) is 49.4 Å². The SMILES string of the molecule is CCOC(=O)c1nn(-c2ccccc2)cc1OCC(=O)N(C)CC(=O)Nc1ccc(C)cc1. The van der Waals surface area contributed by atoms with Gasteiger partial charge < -0.3 is 19.7 Å². The molecule has 172 valence electrons. The molecule has 1 heterocycles. The summed E-state index contributed by atoms with van der Waals surface area (Å²) in [5, 5.41) is 6.99. The van der Waals surface area contributed by atoms with Crippen LogP contribution in [0.15, 0.2) is 60.8 Å². The molecular weight excluding hydrogens is 424 g/mol. The van der Waals surface area contributed by atoms with E-state index in [-0.39, 0.29) is 37.1 Å². The molecule has 0 atom stereocenters. The number of ether oxygens (including phenoxy) is 2. The largest absolute Gasteiger partial charge is 0.480 e. The Kier molecular flexibility index (Phi) is 7.80. The zero-order valence-electron chi connectivity index (χ0n) is 18.8. The van der Waals surface area contributed by atoms with Crippen LogP contribution in [0.4, 0.5) is 5.69 Å². The summed E-state index contributed by atoms with van der Waals surface area (Å²) in [4.78, 5) is 38.3. The fourth-order valence-electron chi connectivity index (χ4n) is 2.91. The maximum Gasteiger partial charge on any atom is 0.362 e. The third-order valence-electron chi connectivity index (χ3n) is 4.66. The van der Waals surface area contributed by atoms with Gasteiger partial charge in [0, 0.05) is 12.7 Å². The monoisotopic (exact) mass is 450 g/mol. The van der Waals surface area contributed by atoms with E-state index in [2.05, 4.69) is 10.4 Å². The lowest BCUT2D eigenvalue weighted by atomic mass is 10.2. The molecule has 33 heavy (non-hydrogen) atoms. The van der Waals surface area contributed by atoms with Crippen LogP contribution in [0.5, 0.6) is 5.75 Å². The van der Waals surface area contributed by atoms with E-state index in [0.29, 0.717) is 11.4 Å². The number of nitrogens with one attached hydrogen (secondary N) is 1. The average Bonchev–Trinajstić information content (AvgIpc) is 3.24. The Balaban J connectivity index is 1.63. The van der Waals surface area contributed by atoms with Gasteiger partial charge in [0.2, 0.25) is 11.6 Å². The number of carbonyl (C=O) groups is 3. The van der Waals surface area contributed by atoms with Crippen molar-refractivity contribution in [1.82, 2.24) is 14.7 Å². The number of carbonyl (C=O) groups excluding carboxylic acids is 3. The summed E-state index contributed by atoms with van der Waals surface area (Å²) in [5.74, 6) is -1.31. The highest BCUT2D eigenvalue weighted by Gasteiger charge is 2.22. The zero-order chi connectivity index (χ0) is 23.8. The van der Waals surface area contributed by atoms with Crippen molar-refractivity contribution in [3.05, 3.63) is 72.1 Å². The molecule has 3 rings (SSSR count). The predicted octanol–water partition coefficient (Wildman–Crippen LogP) is 2.83. The third-order valence-corrected chi connectivity index (χ3v) is 4.66. The standard InChI is InChI=1S/C24H26N4O5/c1-4-32-24(31)23-20(14-28(26-23)19-8-6-5-7-9-19)33-16-22(30)27(3)15-21(29)25-18-12-10-17(2)11-13-18/h5-14H,4,15-16H2,1-3H3,(H,25,29). The molecule has 0 saturated heterocycles. The Morgan fingerprint density at radius 2 is 1.76 bits per heavy atom. The van der Waals surface area contributed by atoms with Crippen molar-refractivity contribution >= 4 is 23.5 Å². The molecule has 3 aromatic rings. The maximum absolute atomic E-state index is 12.5. The van der Waals surface area contributed by atoms with Crippen LogP contribution in [0.25, 0.3) is 5.69 Å². The Labute approximate surface area is 191 Å². The zero-order valence-corrected chi connectivity index (χ0v) is 18.8. The minimum atomic E-state index is -0.652. The Morgan fingerprint density at radius 1 is 1.06 bits per heavy atom. The van der Waals surface area contributed by atoms with Crippen molar-refractivity contribution in [3.63, 3.8) is 0 Å². The smallest absolute Gasteiger partial charge is 0.362 e. The number of likely N-dealkylation sites (N-methyl/N-ethyl adjacent to an activating group) is 1. The van der Waals surface area contributed by atoms with Crippen molar-refractivity contribution in [2.75, 3.05) is 32.1 Å². The third kappa shape index (κ3) is 6.42. The lowest BCUT2D eigenvalue weighted by molar-refractivity contribution is -0.135. The highest BCUT2D eigenvalue weighted by Crippen LogP contribution is 2.21. The van der Waals surface area contributed by atoms with Gasteiger partial charge in [0.25, 0.3) is 5.91 Å². The van der Waals surface area contributed by atoms with Crippen molar-refractivity contribution in [2.45, 2.75) is 13.8 Å². The van der Waals surface area contributed by atoms with Gasteiger partial charge >= 0.3 is 5.97 Å². The molecular formula is C24H26N4O5. The minimum Gasteiger partial charge on any atom is -0.480 e. The molecule has 1 N–H and O–H groups in total.